The summed E-state index contributed by atoms with van der Waals surface area (Å²) in [5.74, 6) is -1.08. The number of hydrogen-bond donors (Lipinski definition) is 1. The Labute approximate surface area is 106 Å². The van der Waals surface area contributed by atoms with Gasteiger partial charge in [-0.2, -0.15) is 0 Å². The summed E-state index contributed by atoms with van der Waals surface area (Å²) < 4.78 is 0. The molecule has 0 aliphatic rings. The largest absolute Gasteiger partial charge is 0.478 e. The van der Waals surface area contributed by atoms with Crippen molar-refractivity contribution in [3.05, 3.63) is 41.4 Å². The number of rotatable bonds is 3. The molecule has 17 heavy (non-hydrogen) atoms. The highest BCUT2D eigenvalue weighted by atomic mass is 35.5. The van der Waals surface area contributed by atoms with E-state index in [1.807, 2.05) is 0 Å². The van der Waals surface area contributed by atoms with Crippen LogP contribution in [0.15, 0.2) is 40.9 Å². The maximum Gasteiger partial charge on any atom is 0.337 e. The molecule has 0 amide bonds. The van der Waals surface area contributed by atoms with E-state index in [0.717, 1.165) is 0 Å². The van der Waals surface area contributed by atoms with Crippen molar-refractivity contribution in [2.24, 2.45) is 0 Å². The summed E-state index contributed by atoms with van der Waals surface area (Å²) in [5, 5.41) is 10.2. The zero-order valence-electron chi connectivity index (χ0n) is 8.37. The summed E-state index contributed by atoms with van der Waals surface area (Å²) in [6, 6.07) is 1.41. The first kappa shape index (κ1) is 11.8. The number of aromatic nitrogens is 3. The van der Waals surface area contributed by atoms with Gasteiger partial charge in [0.15, 0.2) is 0 Å². The number of nitrogens with zero attached hydrogens (tertiary/aromatic N) is 3. The molecule has 2 aromatic rings. The zero-order valence-corrected chi connectivity index (χ0v) is 9.94. The van der Waals surface area contributed by atoms with Gasteiger partial charge in [0.1, 0.15) is 10.1 Å². The Morgan fingerprint density at radius 1 is 1.24 bits per heavy atom. The molecule has 0 radical (unpaired) electrons. The molecule has 1 N–H and O–H groups in total. The van der Waals surface area contributed by atoms with E-state index >= 15 is 0 Å². The van der Waals surface area contributed by atoms with Crippen molar-refractivity contribution < 1.29 is 9.90 Å². The van der Waals surface area contributed by atoms with Crippen LogP contribution in [0.5, 0.6) is 0 Å². The van der Waals surface area contributed by atoms with Gasteiger partial charge in [0.2, 0.25) is 0 Å². The highest BCUT2D eigenvalue weighted by Gasteiger charge is 2.11. The SMILES string of the molecule is O=C(O)c1cc(Sc2cnccn2)ncc1Cl. The van der Waals surface area contributed by atoms with E-state index in [1.54, 1.807) is 18.6 Å². The second kappa shape index (κ2) is 5.11. The molecule has 86 valence electrons. The van der Waals surface area contributed by atoms with E-state index in [1.165, 1.54) is 24.0 Å². The Morgan fingerprint density at radius 2 is 2.06 bits per heavy atom. The van der Waals surface area contributed by atoms with Crippen LogP contribution in [0.2, 0.25) is 5.02 Å². The number of halogens is 1. The molecule has 0 atom stereocenters. The number of pyridine rings is 1. The average molecular weight is 268 g/mol. The molecule has 0 fully saturated rings. The second-order valence-electron chi connectivity index (χ2n) is 2.95. The second-order valence-corrected chi connectivity index (χ2v) is 4.40. The standard InChI is InChI=1S/C10H6ClN3O2S/c11-7-4-14-8(3-6(7)10(15)16)17-9-5-12-1-2-13-9/h1-5H,(H,15,16). The number of aromatic carboxylic acids is 1. The molecule has 0 unspecified atom stereocenters. The lowest BCUT2D eigenvalue weighted by molar-refractivity contribution is 0.0696. The van der Waals surface area contributed by atoms with E-state index in [-0.39, 0.29) is 10.6 Å². The molecule has 2 aromatic heterocycles. The van der Waals surface area contributed by atoms with Crippen LogP contribution in [0, 0.1) is 0 Å². The van der Waals surface area contributed by atoms with Crippen molar-refractivity contribution in [3.63, 3.8) is 0 Å². The maximum absolute atomic E-state index is 10.9. The highest BCUT2D eigenvalue weighted by molar-refractivity contribution is 7.99. The van der Waals surface area contributed by atoms with E-state index in [0.29, 0.717) is 10.1 Å². The third-order valence-electron chi connectivity index (χ3n) is 1.81. The minimum atomic E-state index is -1.08. The van der Waals surface area contributed by atoms with Crippen molar-refractivity contribution >= 4 is 29.3 Å². The molecular weight excluding hydrogens is 262 g/mol. The van der Waals surface area contributed by atoms with E-state index in [9.17, 15) is 4.79 Å². The zero-order chi connectivity index (χ0) is 12.3. The Hall–Kier alpha value is -1.66. The summed E-state index contributed by atoms with van der Waals surface area (Å²) in [5.41, 5.74) is 0.0213. The molecule has 0 saturated heterocycles. The lowest BCUT2D eigenvalue weighted by Crippen LogP contribution is -1.98. The average Bonchev–Trinajstić information content (AvgIpc) is 2.32. The summed E-state index contributed by atoms with van der Waals surface area (Å²) in [7, 11) is 0. The molecule has 7 heteroatoms. The number of carboxylic acid groups (broad SMARTS) is 1. The molecular formula is C10H6ClN3O2S. The van der Waals surface area contributed by atoms with Gasteiger partial charge in [0.25, 0.3) is 0 Å². The molecule has 0 spiro atoms. The smallest absolute Gasteiger partial charge is 0.337 e. The van der Waals surface area contributed by atoms with Gasteiger partial charge in [-0.3, -0.25) is 4.98 Å². The van der Waals surface area contributed by atoms with E-state index < -0.39 is 5.97 Å². The molecule has 5 nitrogen and oxygen atoms in total. The topological polar surface area (TPSA) is 76.0 Å². The fraction of sp³-hybridized carbons (Fsp3) is 0. The van der Waals surface area contributed by atoms with E-state index in [4.69, 9.17) is 16.7 Å². The first-order valence-electron chi connectivity index (χ1n) is 4.49. The molecule has 0 saturated carbocycles. The van der Waals surface area contributed by atoms with Crippen molar-refractivity contribution in [1.29, 1.82) is 0 Å². The Morgan fingerprint density at radius 3 is 2.71 bits per heavy atom. The molecule has 0 aliphatic carbocycles. The number of carboxylic acids is 1. The first-order valence-corrected chi connectivity index (χ1v) is 5.69. The van der Waals surface area contributed by atoms with Crippen LogP contribution < -0.4 is 0 Å². The lowest BCUT2D eigenvalue weighted by atomic mass is 10.3. The fourth-order valence-corrected chi connectivity index (χ4v) is 1.99. The quantitative estimate of drug-likeness (QED) is 0.920. The van der Waals surface area contributed by atoms with Crippen molar-refractivity contribution in [1.82, 2.24) is 15.0 Å². The van der Waals surface area contributed by atoms with Crippen molar-refractivity contribution in [2.75, 3.05) is 0 Å². The molecule has 0 aliphatic heterocycles. The molecule has 2 heterocycles. The summed E-state index contributed by atoms with van der Waals surface area (Å²) in [6.45, 7) is 0. The van der Waals surface area contributed by atoms with Gasteiger partial charge in [-0.15, -0.1) is 0 Å². The van der Waals surface area contributed by atoms with Gasteiger partial charge in [0, 0.05) is 18.6 Å². The predicted molar refractivity (Wildman–Crippen MR) is 62.4 cm³/mol. The Kier molecular flexibility index (Phi) is 3.55. The number of carbonyl (C=O) groups is 1. The molecule has 0 aromatic carbocycles. The summed E-state index contributed by atoms with van der Waals surface area (Å²) >= 11 is 6.93. The summed E-state index contributed by atoms with van der Waals surface area (Å²) in [4.78, 5) is 22.8. The minimum absolute atomic E-state index is 0.0213. The van der Waals surface area contributed by atoms with Gasteiger partial charge in [-0.25, -0.2) is 14.8 Å². The van der Waals surface area contributed by atoms with Crippen LogP contribution in [0.3, 0.4) is 0 Å². The van der Waals surface area contributed by atoms with Gasteiger partial charge in [-0.1, -0.05) is 11.6 Å². The number of hydrogen-bond acceptors (Lipinski definition) is 5. The monoisotopic (exact) mass is 267 g/mol. The first-order chi connectivity index (χ1) is 8.16. The Bertz CT molecular complexity index is 551. The van der Waals surface area contributed by atoms with Gasteiger partial charge in [-0.05, 0) is 17.8 Å². The van der Waals surface area contributed by atoms with Gasteiger partial charge < -0.3 is 5.11 Å². The van der Waals surface area contributed by atoms with Crippen LogP contribution in [0.25, 0.3) is 0 Å². The van der Waals surface area contributed by atoms with Crippen molar-refractivity contribution in [3.8, 4) is 0 Å². The van der Waals surface area contributed by atoms with Crippen LogP contribution in [0.1, 0.15) is 10.4 Å². The highest BCUT2D eigenvalue weighted by Crippen LogP contribution is 2.26. The minimum Gasteiger partial charge on any atom is -0.478 e. The Balaban J connectivity index is 2.29. The van der Waals surface area contributed by atoms with E-state index in [2.05, 4.69) is 15.0 Å². The van der Waals surface area contributed by atoms with Crippen LogP contribution in [-0.2, 0) is 0 Å². The third kappa shape index (κ3) is 2.92. The van der Waals surface area contributed by atoms with Crippen LogP contribution >= 0.6 is 23.4 Å². The fourth-order valence-electron chi connectivity index (χ4n) is 1.08. The molecule has 0 bridgehead atoms. The van der Waals surface area contributed by atoms with Crippen LogP contribution in [0.4, 0.5) is 0 Å². The normalized spacial score (nSPS) is 10.2. The molecule has 2 rings (SSSR count). The van der Waals surface area contributed by atoms with Gasteiger partial charge in [0.05, 0.1) is 16.8 Å². The predicted octanol–water partition coefficient (Wildman–Crippen LogP) is 2.37. The van der Waals surface area contributed by atoms with Crippen LogP contribution in [-0.4, -0.2) is 26.0 Å². The summed E-state index contributed by atoms with van der Waals surface area (Å²) in [6.07, 6.45) is 5.99. The van der Waals surface area contributed by atoms with Crippen molar-refractivity contribution in [2.45, 2.75) is 10.1 Å². The lowest BCUT2D eigenvalue weighted by Gasteiger charge is -2.02. The third-order valence-corrected chi connectivity index (χ3v) is 2.96. The van der Waals surface area contributed by atoms with Gasteiger partial charge >= 0.3 is 5.97 Å². The maximum atomic E-state index is 10.9.